The molecular weight excluding hydrogens is 304 g/mol. The van der Waals surface area contributed by atoms with Crippen LogP contribution in [-0.4, -0.2) is 32.3 Å². The van der Waals surface area contributed by atoms with E-state index in [4.69, 9.17) is 10.5 Å². The van der Waals surface area contributed by atoms with Gasteiger partial charge < -0.3 is 10.5 Å². The van der Waals surface area contributed by atoms with Crippen LogP contribution in [-0.2, 0) is 14.8 Å². The highest BCUT2D eigenvalue weighted by Crippen LogP contribution is 2.16. The number of thiocarbonyl (C=S) groups is 1. The van der Waals surface area contributed by atoms with Crippen LogP contribution in [0, 0.1) is 0 Å². The van der Waals surface area contributed by atoms with E-state index in [0.717, 1.165) is 6.26 Å². The van der Waals surface area contributed by atoms with E-state index in [1.807, 2.05) is 0 Å². The van der Waals surface area contributed by atoms with Crippen molar-refractivity contribution in [2.24, 2.45) is 5.73 Å². The Kier molecular flexibility index (Phi) is 5.53. The lowest BCUT2D eigenvalue weighted by Gasteiger charge is -2.09. The lowest BCUT2D eigenvalue weighted by molar-refractivity contribution is -0.123. The number of hydrazine groups is 1. The molecule has 5 N–H and O–H groups in total. The molecule has 0 bridgehead atoms. The molecule has 0 heterocycles. The van der Waals surface area contributed by atoms with Crippen LogP contribution in [0.2, 0.25) is 0 Å². The van der Waals surface area contributed by atoms with Crippen molar-refractivity contribution >= 4 is 38.9 Å². The molecule has 0 fully saturated rings. The average Bonchev–Trinajstić information content (AvgIpc) is 2.33. The van der Waals surface area contributed by atoms with E-state index in [-0.39, 0.29) is 11.7 Å². The molecule has 0 spiro atoms. The average molecular weight is 318 g/mol. The molecule has 0 saturated heterocycles. The molecule has 20 heavy (non-hydrogen) atoms. The second-order valence-corrected chi connectivity index (χ2v) is 5.91. The number of benzene rings is 1. The molecule has 0 aromatic heterocycles. The highest BCUT2D eigenvalue weighted by Gasteiger charge is 2.04. The minimum absolute atomic E-state index is 0.0606. The van der Waals surface area contributed by atoms with E-state index < -0.39 is 15.9 Å². The molecule has 1 rings (SSSR count). The highest BCUT2D eigenvalue weighted by molar-refractivity contribution is 7.92. The quantitative estimate of drug-likeness (QED) is 0.418. The van der Waals surface area contributed by atoms with Crippen molar-refractivity contribution < 1.29 is 17.9 Å². The summed E-state index contributed by atoms with van der Waals surface area (Å²) in [7, 11) is -3.32. The van der Waals surface area contributed by atoms with Crippen LogP contribution >= 0.6 is 12.2 Å². The Labute approximate surface area is 121 Å². The summed E-state index contributed by atoms with van der Waals surface area (Å²) in [5.74, 6) is -0.0503. The van der Waals surface area contributed by atoms with Crippen LogP contribution in [0.3, 0.4) is 0 Å². The molecule has 0 atom stereocenters. The van der Waals surface area contributed by atoms with Crippen LogP contribution in [0.25, 0.3) is 0 Å². The SMILES string of the molecule is CS(=O)(=O)Nc1ccc(OCC(=O)NNC(N)=S)cc1. The first-order valence-electron chi connectivity index (χ1n) is 5.31. The largest absolute Gasteiger partial charge is 0.484 e. The third-order valence-corrected chi connectivity index (χ3v) is 2.56. The maximum atomic E-state index is 11.3. The van der Waals surface area contributed by atoms with Gasteiger partial charge in [0.1, 0.15) is 5.75 Å². The second-order valence-electron chi connectivity index (χ2n) is 3.72. The van der Waals surface area contributed by atoms with Crippen LogP contribution < -0.4 is 26.0 Å². The number of hydrogen-bond donors (Lipinski definition) is 4. The molecular formula is C10H14N4O4S2. The van der Waals surface area contributed by atoms with Crippen molar-refractivity contribution in [3.63, 3.8) is 0 Å². The maximum absolute atomic E-state index is 11.3. The lowest BCUT2D eigenvalue weighted by atomic mass is 10.3. The van der Waals surface area contributed by atoms with Crippen LogP contribution in [0.1, 0.15) is 0 Å². The summed E-state index contributed by atoms with van der Waals surface area (Å²) in [6.45, 7) is -0.242. The predicted octanol–water partition coefficient (Wildman–Crippen LogP) is -0.699. The zero-order valence-corrected chi connectivity index (χ0v) is 12.2. The van der Waals surface area contributed by atoms with Crippen molar-refractivity contribution in [3.05, 3.63) is 24.3 Å². The van der Waals surface area contributed by atoms with Gasteiger partial charge in [0.2, 0.25) is 10.0 Å². The van der Waals surface area contributed by atoms with Crippen molar-refractivity contribution in [3.8, 4) is 5.75 Å². The third kappa shape index (κ3) is 6.75. The first kappa shape index (κ1) is 16.0. The fourth-order valence-corrected chi connectivity index (χ4v) is 1.76. The number of anilines is 1. The molecule has 8 nitrogen and oxygen atoms in total. The van der Waals surface area contributed by atoms with Crippen LogP contribution in [0.15, 0.2) is 24.3 Å². The standard InChI is InChI=1S/C10H14N4O4S2/c1-20(16,17)14-7-2-4-8(5-3-7)18-6-9(15)12-13-10(11)19/h2-5,14H,6H2,1H3,(H,12,15)(H3,11,13,19). The van der Waals surface area contributed by atoms with E-state index in [2.05, 4.69) is 27.8 Å². The minimum Gasteiger partial charge on any atom is -0.484 e. The van der Waals surface area contributed by atoms with Gasteiger partial charge in [0.05, 0.1) is 6.26 Å². The van der Waals surface area contributed by atoms with Gasteiger partial charge in [-0.2, -0.15) is 0 Å². The van der Waals surface area contributed by atoms with Gasteiger partial charge >= 0.3 is 0 Å². The van der Waals surface area contributed by atoms with Crippen molar-refractivity contribution in [1.29, 1.82) is 0 Å². The van der Waals surface area contributed by atoms with E-state index in [9.17, 15) is 13.2 Å². The Morgan fingerprint density at radius 3 is 2.40 bits per heavy atom. The van der Waals surface area contributed by atoms with Crippen LogP contribution in [0.4, 0.5) is 5.69 Å². The van der Waals surface area contributed by atoms with Gasteiger partial charge in [-0.25, -0.2) is 8.42 Å². The summed E-state index contributed by atoms with van der Waals surface area (Å²) >= 11 is 4.50. The number of ether oxygens (including phenoxy) is 1. The Hall–Kier alpha value is -2.07. The van der Waals surface area contributed by atoms with Gasteiger partial charge in [-0.3, -0.25) is 20.4 Å². The number of carbonyl (C=O) groups is 1. The Morgan fingerprint density at radius 1 is 1.30 bits per heavy atom. The van der Waals surface area contributed by atoms with Gasteiger partial charge in [-0.1, -0.05) is 0 Å². The molecule has 0 aliphatic rings. The third-order valence-electron chi connectivity index (χ3n) is 1.85. The fourth-order valence-electron chi connectivity index (χ4n) is 1.15. The van der Waals surface area contributed by atoms with Crippen molar-refractivity contribution in [2.75, 3.05) is 17.6 Å². The molecule has 10 heteroatoms. The highest BCUT2D eigenvalue weighted by atomic mass is 32.2. The smallest absolute Gasteiger partial charge is 0.276 e. The summed E-state index contributed by atoms with van der Waals surface area (Å²) in [4.78, 5) is 11.3. The van der Waals surface area contributed by atoms with Crippen molar-refractivity contribution in [1.82, 2.24) is 10.9 Å². The summed E-state index contributed by atoms with van der Waals surface area (Å²) in [6, 6.07) is 6.09. The molecule has 1 aromatic rings. The molecule has 0 aliphatic heterocycles. The summed E-state index contributed by atoms with van der Waals surface area (Å²) in [5, 5.41) is -0.0606. The predicted molar refractivity (Wildman–Crippen MR) is 78.5 cm³/mol. The minimum atomic E-state index is -3.32. The topological polar surface area (TPSA) is 123 Å². The van der Waals surface area contributed by atoms with Gasteiger partial charge in [-0.15, -0.1) is 0 Å². The molecule has 0 saturated carbocycles. The molecule has 1 aromatic carbocycles. The Balaban J connectivity index is 2.46. The molecule has 1 amide bonds. The van der Waals surface area contributed by atoms with E-state index in [0.29, 0.717) is 11.4 Å². The number of nitrogens with one attached hydrogen (secondary N) is 3. The number of nitrogens with two attached hydrogens (primary N) is 1. The zero-order chi connectivity index (χ0) is 15.2. The first-order valence-corrected chi connectivity index (χ1v) is 7.61. The lowest BCUT2D eigenvalue weighted by Crippen LogP contribution is -2.46. The van der Waals surface area contributed by atoms with Crippen LogP contribution in [0.5, 0.6) is 5.75 Å². The normalized spacial score (nSPS) is 10.4. The van der Waals surface area contributed by atoms with Gasteiger partial charge in [0, 0.05) is 5.69 Å². The van der Waals surface area contributed by atoms with Gasteiger partial charge in [0.15, 0.2) is 11.7 Å². The Morgan fingerprint density at radius 2 is 1.90 bits per heavy atom. The number of rotatable bonds is 5. The Bertz CT molecular complexity index is 586. The van der Waals surface area contributed by atoms with Gasteiger partial charge in [0.25, 0.3) is 5.91 Å². The fraction of sp³-hybridized carbons (Fsp3) is 0.200. The number of sulfonamides is 1. The number of carbonyl (C=O) groups excluding carboxylic acids is 1. The summed E-state index contributed by atoms with van der Waals surface area (Å²) in [6.07, 6.45) is 1.05. The van der Waals surface area contributed by atoms with Crippen molar-refractivity contribution in [2.45, 2.75) is 0 Å². The monoisotopic (exact) mass is 318 g/mol. The summed E-state index contributed by atoms with van der Waals surface area (Å²) in [5.41, 5.74) is 10.0. The molecule has 110 valence electrons. The molecule has 0 radical (unpaired) electrons. The summed E-state index contributed by atoms with van der Waals surface area (Å²) < 4.78 is 29.5. The molecule has 0 unspecified atom stereocenters. The van der Waals surface area contributed by atoms with E-state index >= 15 is 0 Å². The second kappa shape index (κ2) is 6.91. The number of hydrogen-bond acceptors (Lipinski definition) is 5. The zero-order valence-electron chi connectivity index (χ0n) is 10.5. The van der Waals surface area contributed by atoms with E-state index in [1.165, 1.54) is 24.3 Å². The molecule has 0 aliphatic carbocycles. The number of amides is 1. The van der Waals surface area contributed by atoms with Gasteiger partial charge in [-0.05, 0) is 36.5 Å². The maximum Gasteiger partial charge on any atom is 0.276 e. The van der Waals surface area contributed by atoms with E-state index in [1.54, 1.807) is 0 Å². The first-order chi connectivity index (χ1) is 9.26.